The third-order valence-corrected chi connectivity index (χ3v) is 1.54. The topological polar surface area (TPSA) is 49.2 Å². The molecule has 4 heteroatoms. The van der Waals surface area contributed by atoms with Crippen LogP contribution in [0.5, 0.6) is 0 Å². The molecule has 4 nitrogen and oxygen atoms in total. The quantitative estimate of drug-likeness (QED) is 0.563. The molecule has 0 aromatic carbocycles. The number of hydrogen-bond acceptors (Lipinski definition) is 4. The third kappa shape index (κ3) is 3.04. The molecule has 0 radical (unpaired) electrons. The fourth-order valence-electron chi connectivity index (χ4n) is 1.02. The minimum atomic E-state index is -0.857. The van der Waals surface area contributed by atoms with Crippen LogP contribution in [0.1, 0.15) is 13.8 Å². The molecule has 1 rings (SSSR count). The maximum Gasteiger partial charge on any atom is 0.162 e. The summed E-state index contributed by atoms with van der Waals surface area (Å²) in [6.07, 6.45) is 6.88. The van der Waals surface area contributed by atoms with Gasteiger partial charge in [-0.1, -0.05) is 6.42 Å². The molecule has 1 aromatic rings. The Balaban J connectivity index is 2.80. The van der Waals surface area contributed by atoms with Crippen LogP contribution < -0.4 is 4.90 Å². The van der Waals surface area contributed by atoms with Crippen molar-refractivity contribution in [3.8, 4) is 12.5 Å². The van der Waals surface area contributed by atoms with Gasteiger partial charge in [0.1, 0.15) is 0 Å². The van der Waals surface area contributed by atoms with Crippen LogP contribution in [-0.4, -0.2) is 27.4 Å². The van der Waals surface area contributed by atoms with Gasteiger partial charge in [-0.25, -0.2) is 0 Å². The molecule has 0 aliphatic rings. The first-order chi connectivity index (χ1) is 6.53. The molecule has 0 aliphatic carbocycles. The number of nitrogens with zero attached hydrogens (tertiary/aromatic N) is 3. The molecule has 0 unspecified atom stereocenters. The third-order valence-electron chi connectivity index (χ3n) is 1.54. The Bertz CT molecular complexity index is 323. The first-order valence-electron chi connectivity index (χ1n) is 4.27. The molecule has 1 heterocycles. The zero-order chi connectivity index (χ0) is 10.6. The van der Waals surface area contributed by atoms with Crippen molar-refractivity contribution < 1.29 is 5.11 Å². The van der Waals surface area contributed by atoms with Crippen LogP contribution in [0.15, 0.2) is 18.3 Å². The van der Waals surface area contributed by atoms with Crippen LogP contribution in [0.3, 0.4) is 0 Å². The zero-order valence-corrected chi connectivity index (χ0v) is 8.31. The molecule has 0 fully saturated rings. The second-order valence-electron chi connectivity index (χ2n) is 3.61. The predicted molar refractivity (Wildman–Crippen MR) is 54.5 cm³/mol. The fourth-order valence-corrected chi connectivity index (χ4v) is 1.02. The normalized spacial score (nSPS) is 10.7. The van der Waals surface area contributed by atoms with Crippen LogP contribution in [0.2, 0.25) is 0 Å². The van der Waals surface area contributed by atoms with E-state index in [1.54, 1.807) is 32.2 Å². The summed E-state index contributed by atoms with van der Waals surface area (Å²) in [4.78, 5) is 1.52. The van der Waals surface area contributed by atoms with Crippen molar-refractivity contribution in [3.05, 3.63) is 18.3 Å². The highest BCUT2D eigenvalue weighted by molar-refractivity contribution is 5.43. The van der Waals surface area contributed by atoms with E-state index in [-0.39, 0.29) is 0 Å². The Morgan fingerprint density at radius 3 is 2.79 bits per heavy atom. The number of rotatable bonds is 3. The van der Waals surface area contributed by atoms with Gasteiger partial charge in [-0.3, -0.25) is 4.90 Å². The SMILES string of the molecule is C#CN(CC(C)(C)O)c1cccnn1. The summed E-state index contributed by atoms with van der Waals surface area (Å²) in [7, 11) is 0. The Hall–Kier alpha value is -1.60. The monoisotopic (exact) mass is 191 g/mol. The van der Waals surface area contributed by atoms with Gasteiger partial charge < -0.3 is 5.11 Å². The second-order valence-corrected chi connectivity index (χ2v) is 3.61. The number of hydrogen-bond donors (Lipinski definition) is 1. The minimum absolute atomic E-state index is 0.322. The van der Waals surface area contributed by atoms with E-state index in [0.717, 1.165) is 0 Å². The van der Waals surface area contributed by atoms with Crippen molar-refractivity contribution in [2.45, 2.75) is 19.4 Å². The van der Waals surface area contributed by atoms with Crippen molar-refractivity contribution in [2.24, 2.45) is 0 Å². The van der Waals surface area contributed by atoms with Crippen molar-refractivity contribution in [3.63, 3.8) is 0 Å². The average molecular weight is 191 g/mol. The Kier molecular flexibility index (Phi) is 3.05. The summed E-state index contributed by atoms with van der Waals surface area (Å²) in [6, 6.07) is 5.94. The van der Waals surface area contributed by atoms with E-state index in [4.69, 9.17) is 6.42 Å². The van der Waals surface area contributed by atoms with Gasteiger partial charge in [-0.2, -0.15) is 5.10 Å². The highest BCUT2D eigenvalue weighted by Gasteiger charge is 2.18. The highest BCUT2D eigenvalue weighted by atomic mass is 16.3. The van der Waals surface area contributed by atoms with E-state index in [1.165, 1.54) is 4.90 Å². The van der Waals surface area contributed by atoms with Gasteiger partial charge in [0.15, 0.2) is 5.82 Å². The molecule has 0 atom stereocenters. The summed E-state index contributed by atoms with van der Waals surface area (Å²) in [6.45, 7) is 3.70. The number of anilines is 1. The van der Waals surface area contributed by atoms with Gasteiger partial charge >= 0.3 is 0 Å². The van der Waals surface area contributed by atoms with E-state index in [0.29, 0.717) is 12.4 Å². The van der Waals surface area contributed by atoms with Crippen molar-refractivity contribution >= 4 is 5.82 Å². The summed E-state index contributed by atoms with van der Waals surface area (Å²) >= 11 is 0. The maximum atomic E-state index is 9.60. The molecule has 14 heavy (non-hydrogen) atoms. The van der Waals surface area contributed by atoms with E-state index < -0.39 is 5.60 Å². The zero-order valence-electron chi connectivity index (χ0n) is 8.31. The molecule has 1 N–H and O–H groups in total. The van der Waals surface area contributed by atoms with Crippen LogP contribution in [-0.2, 0) is 0 Å². The number of aromatic nitrogens is 2. The predicted octanol–water partition coefficient (Wildman–Crippen LogP) is 0.645. The Morgan fingerprint density at radius 2 is 2.36 bits per heavy atom. The van der Waals surface area contributed by atoms with Crippen LogP contribution in [0.25, 0.3) is 0 Å². The fraction of sp³-hybridized carbons (Fsp3) is 0.400. The summed E-state index contributed by atoms with van der Waals surface area (Å²) in [5.74, 6) is 0.567. The van der Waals surface area contributed by atoms with Crippen molar-refractivity contribution in [1.29, 1.82) is 0 Å². The van der Waals surface area contributed by atoms with E-state index in [2.05, 4.69) is 16.2 Å². The van der Waals surface area contributed by atoms with Gasteiger partial charge in [0.05, 0.1) is 12.1 Å². The summed E-state index contributed by atoms with van der Waals surface area (Å²) in [5, 5.41) is 17.2. The molecule has 0 aliphatic heterocycles. The summed E-state index contributed by atoms with van der Waals surface area (Å²) in [5.41, 5.74) is -0.857. The lowest BCUT2D eigenvalue weighted by Gasteiger charge is -2.24. The minimum Gasteiger partial charge on any atom is -0.389 e. The maximum absolute atomic E-state index is 9.60. The molecule has 1 aromatic heterocycles. The second kappa shape index (κ2) is 4.07. The van der Waals surface area contributed by atoms with E-state index >= 15 is 0 Å². The first-order valence-corrected chi connectivity index (χ1v) is 4.27. The van der Waals surface area contributed by atoms with E-state index in [9.17, 15) is 5.11 Å². The highest BCUT2D eigenvalue weighted by Crippen LogP contribution is 2.11. The first kappa shape index (κ1) is 10.5. The standard InChI is InChI=1S/C10H13N3O/c1-4-13(8-10(2,3)14)9-6-5-7-11-12-9/h1,5-7,14H,8H2,2-3H3. The molecule has 0 bridgehead atoms. The van der Waals surface area contributed by atoms with Gasteiger partial charge in [-0.15, -0.1) is 5.10 Å². The van der Waals surface area contributed by atoms with Crippen LogP contribution in [0.4, 0.5) is 5.82 Å². The molecular formula is C10H13N3O. The van der Waals surface area contributed by atoms with Gasteiger partial charge in [0.25, 0.3) is 0 Å². The lowest BCUT2D eigenvalue weighted by Crippen LogP contribution is -2.36. The average Bonchev–Trinajstić information content (AvgIpc) is 2.14. The molecule has 0 spiro atoms. The Labute approximate surface area is 83.6 Å². The molecule has 0 amide bonds. The summed E-state index contributed by atoms with van der Waals surface area (Å²) < 4.78 is 0. The smallest absolute Gasteiger partial charge is 0.162 e. The lowest BCUT2D eigenvalue weighted by molar-refractivity contribution is 0.0898. The number of terminal acetylenes is 1. The molecule has 0 saturated carbocycles. The molecular weight excluding hydrogens is 178 g/mol. The van der Waals surface area contributed by atoms with E-state index in [1.807, 2.05) is 0 Å². The number of aliphatic hydroxyl groups is 1. The van der Waals surface area contributed by atoms with Crippen molar-refractivity contribution in [1.82, 2.24) is 10.2 Å². The van der Waals surface area contributed by atoms with Gasteiger partial charge in [0, 0.05) is 12.2 Å². The largest absolute Gasteiger partial charge is 0.389 e. The van der Waals surface area contributed by atoms with Gasteiger partial charge in [0.2, 0.25) is 0 Å². The molecule has 0 saturated heterocycles. The van der Waals surface area contributed by atoms with Gasteiger partial charge in [-0.05, 0) is 26.0 Å². The van der Waals surface area contributed by atoms with Crippen LogP contribution in [0, 0.1) is 12.5 Å². The lowest BCUT2D eigenvalue weighted by atomic mass is 10.1. The van der Waals surface area contributed by atoms with Crippen molar-refractivity contribution in [2.75, 3.05) is 11.4 Å². The molecule has 74 valence electrons. The van der Waals surface area contributed by atoms with Crippen LogP contribution >= 0.6 is 0 Å². The Morgan fingerprint density at radius 1 is 1.64 bits per heavy atom.